The minimum absolute atomic E-state index is 0.836. The summed E-state index contributed by atoms with van der Waals surface area (Å²) in [6, 6.07) is 0. The molecule has 0 atom stereocenters. The van der Waals surface area contributed by atoms with Crippen molar-refractivity contribution < 1.29 is 45.5 Å². The standard InChI is InChI=1S/C5H8F4O6S/c6-4(7,15-2-1-3(10)11)5(8,9)16(12,13)14/h3,10-11H,1-2H2,(H,12,13,14). The Kier molecular flexibility index (Phi) is 4.64. The lowest BCUT2D eigenvalue weighted by molar-refractivity contribution is -0.320. The van der Waals surface area contributed by atoms with E-state index >= 15 is 0 Å². The summed E-state index contributed by atoms with van der Waals surface area (Å²) in [5.74, 6) is 0. The maximum Gasteiger partial charge on any atom is 0.459 e. The van der Waals surface area contributed by atoms with E-state index in [0.29, 0.717) is 0 Å². The molecule has 98 valence electrons. The number of ether oxygens (including phenoxy) is 1. The van der Waals surface area contributed by atoms with E-state index in [1.54, 1.807) is 0 Å². The van der Waals surface area contributed by atoms with Gasteiger partial charge in [-0.25, -0.2) is 0 Å². The highest BCUT2D eigenvalue weighted by molar-refractivity contribution is 7.86. The molecule has 0 rings (SSSR count). The molecule has 0 radical (unpaired) electrons. The van der Waals surface area contributed by atoms with Gasteiger partial charge in [0.25, 0.3) is 0 Å². The molecule has 0 aliphatic carbocycles. The van der Waals surface area contributed by atoms with Crippen molar-refractivity contribution in [2.24, 2.45) is 0 Å². The lowest BCUT2D eigenvalue weighted by Crippen LogP contribution is -2.48. The van der Waals surface area contributed by atoms with Gasteiger partial charge in [0.15, 0.2) is 6.29 Å². The van der Waals surface area contributed by atoms with Crippen LogP contribution in [-0.4, -0.2) is 47.4 Å². The third kappa shape index (κ3) is 3.52. The first-order valence-electron chi connectivity index (χ1n) is 3.64. The molecule has 0 aromatic carbocycles. The maximum atomic E-state index is 12.5. The Labute approximate surface area is 87.2 Å². The molecule has 11 heteroatoms. The molecule has 0 fully saturated rings. The highest BCUT2D eigenvalue weighted by Gasteiger charge is 2.67. The van der Waals surface area contributed by atoms with Crippen molar-refractivity contribution in [3.05, 3.63) is 0 Å². The topological polar surface area (TPSA) is 104 Å². The zero-order valence-corrected chi connectivity index (χ0v) is 8.29. The molecule has 6 nitrogen and oxygen atoms in total. The molecular formula is C5H8F4O6S. The Morgan fingerprint density at radius 3 is 1.94 bits per heavy atom. The van der Waals surface area contributed by atoms with Crippen molar-refractivity contribution in [2.75, 3.05) is 6.61 Å². The zero-order chi connectivity index (χ0) is 13.2. The van der Waals surface area contributed by atoms with Crippen LogP contribution < -0.4 is 0 Å². The van der Waals surface area contributed by atoms with Gasteiger partial charge in [0.05, 0.1) is 6.61 Å². The highest BCUT2D eigenvalue weighted by atomic mass is 32.2. The van der Waals surface area contributed by atoms with Crippen LogP contribution in [0, 0.1) is 0 Å². The Bertz CT molecular complexity index is 326. The minimum atomic E-state index is -6.34. The number of aliphatic hydroxyl groups is 2. The van der Waals surface area contributed by atoms with Crippen molar-refractivity contribution in [1.29, 1.82) is 0 Å². The maximum absolute atomic E-state index is 12.5. The summed E-state index contributed by atoms with van der Waals surface area (Å²) >= 11 is 0. The smallest absolute Gasteiger partial charge is 0.368 e. The van der Waals surface area contributed by atoms with Crippen molar-refractivity contribution in [2.45, 2.75) is 24.1 Å². The zero-order valence-electron chi connectivity index (χ0n) is 7.48. The number of hydrogen-bond donors (Lipinski definition) is 3. The van der Waals surface area contributed by atoms with Gasteiger partial charge in [-0.3, -0.25) is 4.55 Å². The van der Waals surface area contributed by atoms with Crippen LogP contribution in [0.1, 0.15) is 6.42 Å². The third-order valence-electron chi connectivity index (χ3n) is 1.32. The first-order chi connectivity index (χ1) is 6.92. The van der Waals surface area contributed by atoms with Crippen LogP contribution in [0.3, 0.4) is 0 Å². The van der Waals surface area contributed by atoms with E-state index in [0.717, 1.165) is 0 Å². The quantitative estimate of drug-likeness (QED) is 0.351. The number of alkyl halides is 4. The average molecular weight is 272 g/mol. The van der Waals surface area contributed by atoms with Crippen LogP contribution in [-0.2, 0) is 14.9 Å². The van der Waals surface area contributed by atoms with E-state index in [1.807, 2.05) is 0 Å². The van der Waals surface area contributed by atoms with Gasteiger partial charge in [-0.05, 0) is 0 Å². The van der Waals surface area contributed by atoms with Crippen molar-refractivity contribution >= 4 is 10.1 Å². The van der Waals surface area contributed by atoms with Crippen LogP contribution in [0.5, 0.6) is 0 Å². The van der Waals surface area contributed by atoms with Gasteiger partial charge in [0.1, 0.15) is 0 Å². The molecule has 0 saturated heterocycles. The van der Waals surface area contributed by atoms with Gasteiger partial charge in [-0.1, -0.05) is 0 Å². The molecule has 0 spiro atoms. The Balaban J connectivity index is 4.66. The minimum Gasteiger partial charge on any atom is -0.368 e. The Hall–Kier alpha value is -0.490. The average Bonchev–Trinajstić information content (AvgIpc) is 2.00. The molecule has 0 aliphatic rings. The SMILES string of the molecule is O=S(=O)(O)C(F)(F)C(F)(F)OCCC(O)O. The van der Waals surface area contributed by atoms with Gasteiger partial charge in [-0.2, -0.15) is 26.0 Å². The van der Waals surface area contributed by atoms with Gasteiger partial charge < -0.3 is 14.9 Å². The number of rotatable bonds is 6. The number of hydrogen-bond acceptors (Lipinski definition) is 5. The fourth-order valence-corrected chi connectivity index (χ4v) is 0.886. The first-order valence-corrected chi connectivity index (χ1v) is 5.08. The largest absolute Gasteiger partial charge is 0.459 e. The fraction of sp³-hybridized carbons (Fsp3) is 1.00. The molecule has 0 aliphatic heterocycles. The summed E-state index contributed by atoms with van der Waals surface area (Å²) in [6.07, 6.45) is -8.39. The molecular weight excluding hydrogens is 264 g/mol. The summed E-state index contributed by atoms with van der Waals surface area (Å²) in [6.45, 7) is -1.24. The predicted molar refractivity (Wildman–Crippen MR) is 40.2 cm³/mol. The van der Waals surface area contributed by atoms with Gasteiger partial charge in [0, 0.05) is 6.42 Å². The van der Waals surface area contributed by atoms with Gasteiger partial charge in [0.2, 0.25) is 0 Å². The lowest BCUT2D eigenvalue weighted by Gasteiger charge is -2.23. The molecule has 0 heterocycles. The summed E-state index contributed by atoms with van der Waals surface area (Å²) in [7, 11) is -6.34. The molecule has 0 saturated carbocycles. The van der Waals surface area contributed by atoms with Gasteiger partial charge in [-0.15, -0.1) is 0 Å². The van der Waals surface area contributed by atoms with Crippen LogP contribution in [0.4, 0.5) is 17.6 Å². The molecule has 16 heavy (non-hydrogen) atoms. The second kappa shape index (κ2) is 4.79. The monoisotopic (exact) mass is 272 g/mol. The van der Waals surface area contributed by atoms with Crippen molar-refractivity contribution in [3.8, 4) is 0 Å². The van der Waals surface area contributed by atoms with E-state index in [-0.39, 0.29) is 0 Å². The molecule has 0 aromatic rings. The summed E-state index contributed by atoms with van der Waals surface area (Å²) in [5, 5.41) is 10.6. The Morgan fingerprint density at radius 1 is 1.19 bits per heavy atom. The Morgan fingerprint density at radius 2 is 1.62 bits per heavy atom. The number of halogens is 4. The van der Waals surface area contributed by atoms with Crippen LogP contribution in [0.15, 0.2) is 0 Å². The summed E-state index contributed by atoms with van der Waals surface area (Å²) in [5.41, 5.74) is 0. The molecule has 0 bridgehead atoms. The number of aliphatic hydroxyl groups excluding tert-OH is 1. The van der Waals surface area contributed by atoms with E-state index in [1.165, 1.54) is 0 Å². The van der Waals surface area contributed by atoms with E-state index < -0.39 is 40.8 Å². The fourth-order valence-electron chi connectivity index (χ4n) is 0.527. The van der Waals surface area contributed by atoms with Crippen LogP contribution in [0.25, 0.3) is 0 Å². The molecule has 3 N–H and O–H groups in total. The van der Waals surface area contributed by atoms with Crippen molar-refractivity contribution in [1.82, 2.24) is 0 Å². The first kappa shape index (κ1) is 15.5. The van der Waals surface area contributed by atoms with E-state index in [9.17, 15) is 26.0 Å². The predicted octanol–water partition coefficient (Wildman–Crippen LogP) is -0.223. The van der Waals surface area contributed by atoms with E-state index in [4.69, 9.17) is 14.8 Å². The molecule has 0 aromatic heterocycles. The normalized spacial score (nSPS) is 14.5. The summed E-state index contributed by atoms with van der Waals surface area (Å²) < 4.78 is 80.7. The highest BCUT2D eigenvalue weighted by Crippen LogP contribution is 2.39. The second-order valence-corrected chi connectivity index (χ2v) is 4.09. The summed E-state index contributed by atoms with van der Waals surface area (Å²) in [4.78, 5) is 0. The van der Waals surface area contributed by atoms with Crippen LogP contribution in [0.2, 0.25) is 0 Å². The van der Waals surface area contributed by atoms with Crippen LogP contribution >= 0.6 is 0 Å². The van der Waals surface area contributed by atoms with Gasteiger partial charge >= 0.3 is 21.5 Å². The second-order valence-electron chi connectivity index (χ2n) is 2.63. The van der Waals surface area contributed by atoms with Crippen molar-refractivity contribution in [3.63, 3.8) is 0 Å². The molecule has 0 amide bonds. The third-order valence-corrected chi connectivity index (χ3v) is 2.21. The lowest BCUT2D eigenvalue weighted by atomic mass is 10.4. The van der Waals surface area contributed by atoms with E-state index in [2.05, 4.69) is 4.74 Å². The molecule has 0 unspecified atom stereocenters.